The Morgan fingerprint density at radius 1 is 0.500 bits per heavy atom. The van der Waals surface area contributed by atoms with Gasteiger partial charge in [-0.15, -0.1) is 0 Å². The molecular formula is C22H22. The van der Waals surface area contributed by atoms with Crippen LogP contribution in [-0.4, -0.2) is 0 Å². The summed E-state index contributed by atoms with van der Waals surface area (Å²) in [6.07, 6.45) is 2.02. The minimum Gasteiger partial charge on any atom is -0.0620 e. The lowest BCUT2D eigenvalue weighted by Gasteiger charge is -2.08. The van der Waals surface area contributed by atoms with Crippen LogP contribution < -0.4 is 0 Å². The van der Waals surface area contributed by atoms with Gasteiger partial charge in [0.1, 0.15) is 0 Å². The molecule has 0 aliphatic rings. The summed E-state index contributed by atoms with van der Waals surface area (Å²) < 4.78 is 0. The van der Waals surface area contributed by atoms with Crippen LogP contribution in [0.25, 0.3) is 0 Å². The van der Waals surface area contributed by atoms with Crippen LogP contribution in [-0.2, 0) is 12.8 Å². The normalized spacial score (nSPS) is 10.6. The molecule has 0 saturated carbocycles. The van der Waals surface area contributed by atoms with Gasteiger partial charge in [-0.2, -0.15) is 0 Å². The third kappa shape index (κ3) is 3.46. The van der Waals surface area contributed by atoms with Gasteiger partial charge in [-0.3, -0.25) is 0 Å². The molecule has 0 radical (unpaired) electrons. The number of aryl methyl sites for hydroxylation is 2. The standard InChI is InChI=1S/C22H22/c1-17-7-3-5-9-21(17)15-19-11-13-20(14-12-19)16-22-10-6-4-8-18(22)2/h3-14H,15-16H2,1-2H3. The molecule has 3 rings (SSSR count). The first kappa shape index (κ1) is 14.6. The SMILES string of the molecule is Cc1ccccc1Cc1ccc(Cc2ccccc2C)cc1. The maximum absolute atomic E-state index is 2.26. The van der Waals surface area contributed by atoms with Crippen LogP contribution >= 0.6 is 0 Å². The molecule has 0 unspecified atom stereocenters. The van der Waals surface area contributed by atoms with Gasteiger partial charge in [0.25, 0.3) is 0 Å². The fourth-order valence-corrected chi connectivity index (χ4v) is 2.83. The number of hydrogen-bond donors (Lipinski definition) is 0. The lowest BCUT2D eigenvalue weighted by molar-refractivity contribution is 1.12. The molecule has 0 heteroatoms. The summed E-state index contributed by atoms with van der Waals surface area (Å²) in [5.41, 5.74) is 8.31. The van der Waals surface area contributed by atoms with E-state index >= 15 is 0 Å². The second-order valence-electron chi connectivity index (χ2n) is 6.02. The van der Waals surface area contributed by atoms with Crippen molar-refractivity contribution in [3.8, 4) is 0 Å². The summed E-state index contributed by atoms with van der Waals surface area (Å²) in [6, 6.07) is 26.3. The summed E-state index contributed by atoms with van der Waals surface area (Å²) in [7, 11) is 0. The second kappa shape index (κ2) is 6.62. The highest BCUT2D eigenvalue weighted by atomic mass is 14.1. The molecular weight excluding hydrogens is 264 g/mol. The Balaban J connectivity index is 1.73. The average Bonchev–Trinajstić information content (AvgIpc) is 2.54. The highest BCUT2D eigenvalue weighted by Crippen LogP contribution is 2.17. The van der Waals surface area contributed by atoms with Crippen LogP contribution in [0.5, 0.6) is 0 Å². The topological polar surface area (TPSA) is 0 Å². The maximum Gasteiger partial charge on any atom is -0.00231 e. The van der Waals surface area contributed by atoms with Crippen molar-refractivity contribution in [1.82, 2.24) is 0 Å². The van der Waals surface area contributed by atoms with Crippen molar-refractivity contribution in [2.45, 2.75) is 26.7 Å². The predicted molar refractivity (Wildman–Crippen MR) is 94.4 cm³/mol. The van der Waals surface area contributed by atoms with Crippen LogP contribution in [0.15, 0.2) is 72.8 Å². The van der Waals surface area contributed by atoms with Gasteiger partial charge in [0, 0.05) is 0 Å². The fourth-order valence-electron chi connectivity index (χ4n) is 2.83. The molecule has 0 amide bonds. The first-order chi connectivity index (χ1) is 10.7. The van der Waals surface area contributed by atoms with Crippen molar-refractivity contribution in [3.05, 3.63) is 106 Å². The highest BCUT2D eigenvalue weighted by Gasteiger charge is 2.02. The first-order valence-electron chi connectivity index (χ1n) is 7.89. The zero-order valence-electron chi connectivity index (χ0n) is 13.3. The number of hydrogen-bond acceptors (Lipinski definition) is 0. The summed E-state index contributed by atoms with van der Waals surface area (Å²) in [5.74, 6) is 0. The minimum absolute atomic E-state index is 1.01. The maximum atomic E-state index is 2.26. The van der Waals surface area contributed by atoms with Crippen LogP contribution in [0.4, 0.5) is 0 Å². The lowest BCUT2D eigenvalue weighted by Crippen LogP contribution is -1.94. The van der Waals surface area contributed by atoms with E-state index in [2.05, 4.69) is 86.6 Å². The van der Waals surface area contributed by atoms with Crippen LogP contribution in [0.3, 0.4) is 0 Å². The number of benzene rings is 3. The van der Waals surface area contributed by atoms with Crippen LogP contribution in [0.1, 0.15) is 33.4 Å². The Labute approximate surface area is 133 Å². The molecule has 22 heavy (non-hydrogen) atoms. The molecule has 0 saturated heterocycles. The van der Waals surface area contributed by atoms with E-state index < -0.39 is 0 Å². The molecule has 0 nitrogen and oxygen atoms in total. The van der Waals surface area contributed by atoms with Gasteiger partial charge in [-0.1, -0.05) is 72.8 Å². The van der Waals surface area contributed by atoms with Gasteiger partial charge in [-0.05, 0) is 60.1 Å². The lowest BCUT2D eigenvalue weighted by atomic mass is 9.97. The Kier molecular flexibility index (Phi) is 4.39. The Morgan fingerprint density at radius 2 is 0.864 bits per heavy atom. The molecule has 0 heterocycles. The summed E-state index contributed by atoms with van der Waals surface area (Å²) >= 11 is 0. The van der Waals surface area contributed by atoms with Crippen molar-refractivity contribution >= 4 is 0 Å². The molecule has 3 aromatic rings. The minimum atomic E-state index is 1.01. The second-order valence-corrected chi connectivity index (χ2v) is 6.02. The molecule has 0 N–H and O–H groups in total. The molecule has 0 aliphatic carbocycles. The van der Waals surface area contributed by atoms with Gasteiger partial charge in [0.2, 0.25) is 0 Å². The molecule has 0 bridgehead atoms. The monoisotopic (exact) mass is 286 g/mol. The van der Waals surface area contributed by atoms with Crippen LogP contribution in [0, 0.1) is 13.8 Å². The Morgan fingerprint density at radius 3 is 1.23 bits per heavy atom. The fraction of sp³-hybridized carbons (Fsp3) is 0.182. The predicted octanol–water partition coefficient (Wildman–Crippen LogP) is 5.49. The van der Waals surface area contributed by atoms with E-state index in [0.29, 0.717) is 0 Å². The Bertz CT molecular complexity index is 685. The molecule has 110 valence electrons. The highest BCUT2D eigenvalue weighted by molar-refractivity contribution is 5.36. The van der Waals surface area contributed by atoms with E-state index in [1.54, 1.807) is 0 Å². The van der Waals surface area contributed by atoms with Gasteiger partial charge in [-0.25, -0.2) is 0 Å². The summed E-state index contributed by atoms with van der Waals surface area (Å²) in [5, 5.41) is 0. The smallest absolute Gasteiger partial charge is 0.00231 e. The van der Waals surface area contributed by atoms with Gasteiger partial charge >= 0.3 is 0 Å². The summed E-state index contributed by atoms with van der Waals surface area (Å²) in [4.78, 5) is 0. The molecule has 3 aromatic carbocycles. The molecule has 0 spiro atoms. The van der Waals surface area contributed by atoms with Crippen molar-refractivity contribution < 1.29 is 0 Å². The van der Waals surface area contributed by atoms with Gasteiger partial charge < -0.3 is 0 Å². The zero-order valence-corrected chi connectivity index (χ0v) is 13.3. The van der Waals surface area contributed by atoms with Gasteiger partial charge in [0.15, 0.2) is 0 Å². The largest absolute Gasteiger partial charge is 0.0620 e. The third-order valence-electron chi connectivity index (χ3n) is 4.33. The summed E-state index contributed by atoms with van der Waals surface area (Å²) in [6.45, 7) is 4.36. The molecule has 0 aliphatic heterocycles. The van der Waals surface area contributed by atoms with E-state index in [1.165, 1.54) is 33.4 Å². The quantitative estimate of drug-likeness (QED) is 0.595. The van der Waals surface area contributed by atoms with E-state index in [-0.39, 0.29) is 0 Å². The van der Waals surface area contributed by atoms with E-state index in [9.17, 15) is 0 Å². The van der Waals surface area contributed by atoms with Crippen molar-refractivity contribution in [3.63, 3.8) is 0 Å². The first-order valence-corrected chi connectivity index (χ1v) is 7.89. The van der Waals surface area contributed by atoms with Crippen LogP contribution in [0.2, 0.25) is 0 Å². The zero-order chi connectivity index (χ0) is 15.4. The Hall–Kier alpha value is -2.34. The van der Waals surface area contributed by atoms with E-state index in [1.807, 2.05) is 0 Å². The van der Waals surface area contributed by atoms with Crippen molar-refractivity contribution in [1.29, 1.82) is 0 Å². The van der Waals surface area contributed by atoms with Crippen molar-refractivity contribution in [2.24, 2.45) is 0 Å². The average molecular weight is 286 g/mol. The molecule has 0 aromatic heterocycles. The number of rotatable bonds is 4. The molecule has 0 atom stereocenters. The van der Waals surface area contributed by atoms with Gasteiger partial charge in [0.05, 0.1) is 0 Å². The van der Waals surface area contributed by atoms with E-state index in [4.69, 9.17) is 0 Å². The molecule has 0 fully saturated rings. The third-order valence-corrected chi connectivity index (χ3v) is 4.33. The van der Waals surface area contributed by atoms with E-state index in [0.717, 1.165) is 12.8 Å². The van der Waals surface area contributed by atoms with Crippen molar-refractivity contribution in [2.75, 3.05) is 0 Å².